The molecule has 0 aliphatic carbocycles. The molecule has 0 aliphatic rings. The molecular weight excluding hydrogens is 551 g/mol. The number of benzene rings is 3. The van der Waals surface area contributed by atoms with E-state index < -0.39 is 17.6 Å². The standard InChI is InChI=1S/C33H29FN4O5/c1-22-7-8-23(2)38(22)27-13-15-28(16-14-27)41-20-29-17-18-31(43-29)33(40)37-35-19-24-5-3-4-6-30(24)42-21-32(39)36-26-11-9-25(34)10-12-26/h3-19H,20-21H2,1-2H3,(H,36,39)(H,37,40)/b35-19+. The second-order valence-corrected chi connectivity index (χ2v) is 9.58. The summed E-state index contributed by atoms with van der Waals surface area (Å²) < 4.78 is 32.3. The average Bonchev–Trinajstić information content (AvgIpc) is 3.63. The van der Waals surface area contributed by atoms with E-state index in [0.29, 0.717) is 28.5 Å². The van der Waals surface area contributed by atoms with Gasteiger partial charge in [-0.15, -0.1) is 0 Å². The molecule has 0 atom stereocenters. The van der Waals surface area contributed by atoms with E-state index in [2.05, 4.69) is 46.4 Å². The van der Waals surface area contributed by atoms with Crippen molar-refractivity contribution in [3.63, 3.8) is 0 Å². The first-order valence-corrected chi connectivity index (χ1v) is 13.4. The maximum atomic E-state index is 13.1. The molecule has 0 saturated carbocycles. The Balaban J connectivity index is 1.10. The lowest BCUT2D eigenvalue weighted by molar-refractivity contribution is -0.118. The van der Waals surface area contributed by atoms with Crippen molar-refractivity contribution in [3.8, 4) is 17.2 Å². The number of amides is 2. The number of ether oxygens (including phenoxy) is 2. The third kappa shape index (κ3) is 7.56. The van der Waals surface area contributed by atoms with Gasteiger partial charge in [0.1, 0.15) is 29.7 Å². The number of aryl methyl sites for hydroxylation is 2. The van der Waals surface area contributed by atoms with E-state index in [4.69, 9.17) is 13.9 Å². The molecule has 0 spiro atoms. The van der Waals surface area contributed by atoms with Gasteiger partial charge in [0.25, 0.3) is 5.91 Å². The van der Waals surface area contributed by atoms with Crippen molar-refractivity contribution in [1.29, 1.82) is 0 Å². The summed E-state index contributed by atoms with van der Waals surface area (Å²) in [6.07, 6.45) is 1.40. The average molecular weight is 581 g/mol. The van der Waals surface area contributed by atoms with Crippen molar-refractivity contribution in [2.45, 2.75) is 20.5 Å². The molecular formula is C33H29FN4O5. The SMILES string of the molecule is Cc1ccc(C)n1-c1ccc(OCc2ccc(C(=O)N/N=C/c3ccccc3OCC(=O)Nc3ccc(F)cc3)o2)cc1. The molecule has 2 amide bonds. The topological polar surface area (TPSA) is 107 Å². The van der Waals surface area contributed by atoms with Gasteiger partial charge in [0, 0.05) is 28.3 Å². The number of carbonyl (C=O) groups is 2. The lowest BCUT2D eigenvalue weighted by Crippen LogP contribution is -2.20. The van der Waals surface area contributed by atoms with Crippen LogP contribution in [0.2, 0.25) is 0 Å². The molecule has 0 fully saturated rings. The molecule has 0 saturated heterocycles. The molecule has 9 nitrogen and oxygen atoms in total. The second kappa shape index (κ2) is 13.3. The van der Waals surface area contributed by atoms with Gasteiger partial charge in [-0.1, -0.05) is 12.1 Å². The van der Waals surface area contributed by atoms with E-state index in [0.717, 1.165) is 17.1 Å². The summed E-state index contributed by atoms with van der Waals surface area (Å²) in [6, 6.07) is 27.4. The summed E-state index contributed by atoms with van der Waals surface area (Å²) >= 11 is 0. The fraction of sp³-hybridized carbons (Fsp3) is 0.121. The molecule has 0 radical (unpaired) electrons. The first-order valence-electron chi connectivity index (χ1n) is 13.4. The minimum absolute atomic E-state index is 0.0756. The number of hydrazone groups is 1. The number of hydrogen-bond acceptors (Lipinski definition) is 6. The van der Waals surface area contributed by atoms with Gasteiger partial charge in [-0.3, -0.25) is 9.59 Å². The third-order valence-electron chi connectivity index (χ3n) is 6.41. The van der Waals surface area contributed by atoms with Crippen LogP contribution in [-0.4, -0.2) is 29.2 Å². The van der Waals surface area contributed by atoms with Crippen molar-refractivity contribution < 1.29 is 27.9 Å². The molecule has 218 valence electrons. The zero-order valence-electron chi connectivity index (χ0n) is 23.5. The quantitative estimate of drug-likeness (QED) is 0.143. The fourth-order valence-corrected chi connectivity index (χ4v) is 4.31. The van der Waals surface area contributed by atoms with Gasteiger partial charge in [0.15, 0.2) is 12.4 Å². The number of nitrogens with zero attached hydrogens (tertiary/aromatic N) is 2. The summed E-state index contributed by atoms with van der Waals surface area (Å²) in [5, 5.41) is 6.62. The van der Waals surface area contributed by atoms with E-state index in [1.807, 2.05) is 24.3 Å². The predicted octanol–water partition coefficient (Wildman–Crippen LogP) is 6.19. The Morgan fingerprint density at radius 3 is 2.35 bits per heavy atom. The highest BCUT2D eigenvalue weighted by Crippen LogP contribution is 2.21. The lowest BCUT2D eigenvalue weighted by Gasteiger charge is -2.10. The minimum Gasteiger partial charge on any atom is -0.486 e. The van der Waals surface area contributed by atoms with E-state index >= 15 is 0 Å². The third-order valence-corrected chi connectivity index (χ3v) is 6.41. The second-order valence-electron chi connectivity index (χ2n) is 9.58. The predicted molar refractivity (Wildman–Crippen MR) is 160 cm³/mol. The van der Waals surface area contributed by atoms with Crippen molar-refractivity contribution in [2.24, 2.45) is 5.10 Å². The van der Waals surface area contributed by atoms with Crippen molar-refractivity contribution in [1.82, 2.24) is 9.99 Å². The Kier molecular flexibility index (Phi) is 8.96. The van der Waals surface area contributed by atoms with E-state index in [1.54, 1.807) is 36.4 Å². The zero-order valence-corrected chi connectivity index (χ0v) is 23.5. The largest absolute Gasteiger partial charge is 0.486 e. The fourth-order valence-electron chi connectivity index (χ4n) is 4.31. The Hall–Kier alpha value is -5.64. The molecule has 2 heterocycles. The maximum absolute atomic E-state index is 13.1. The molecule has 0 bridgehead atoms. The van der Waals surface area contributed by atoms with E-state index in [9.17, 15) is 14.0 Å². The van der Waals surface area contributed by atoms with Crippen molar-refractivity contribution in [2.75, 3.05) is 11.9 Å². The molecule has 0 aliphatic heterocycles. The summed E-state index contributed by atoms with van der Waals surface area (Å²) in [4.78, 5) is 24.8. The first-order chi connectivity index (χ1) is 20.9. The van der Waals surface area contributed by atoms with Crippen LogP contribution in [0.3, 0.4) is 0 Å². The number of halogens is 1. The van der Waals surface area contributed by atoms with Gasteiger partial charge in [-0.05, 0) is 98.8 Å². The normalized spacial score (nSPS) is 11.0. The van der Waals surface area contributed by atoms with Crippen LogP contribution in [0.1, 0.15) is 33.3 Å². The van der Waals surface area contributed by atoms with Crippen LogP contribution < -0.4 is 20.2 Å². The van der Waals surface area contributed by atoms with E-state index in [1.165, 1.54) is 30.5 Å². The molecule has 5 aromatic rings. The number of aromatic nitrogens is 1. The molecule has 3 aromatic carbocycles. The van der Waals surface area contributed by atoms with Crippen LogP contribution in [0.15, 0.2) is 107 Å². The van der Waals surface area contributed by atoms with Gasteiger partial charge in [0.2, 0.25) is 0 Å². The Labute approximate surface area is 247 Å². The monoisotopic (exact) mass is 580 g/mol. The smallest absolute Gasteiger partial charge is 0.307 e. The van der Waals surface area contributed by atoms with Crippen LogP contribution in [0.5, 0.6) is 11.5 Å². The van der Waals surface area contributed by atoms with Crippen LogP contribution >= 0.6 is 0 Å². The van der Waals surface area contributed by atoms with Crippen LogP contribution in [0, 0.1) is 19.7 Å². The Bertz CT molecular complexity index is 1720. The summed E-state index contributed by atoms with van der Waals surface area (Å²) in [5.74, 6) is 0.266. The first kappa shape index (κ1) is 28.9. The minimum atomic E-state index is -0.540. The molecule has 43 heavy (non-hydrogen) atoms. The molecule has 10 heteroatoms. The van der Waals surface area contributed by atoms with Crippen molar-refractivity contribution >= 4 is 23.7 Å². The van der Waals surface area contributed by atoms with Gasteiger partial charge < -0.3 is 23.8 Å². The number of carbonyl (C=O) groups excluding carboxylic acids is 2. The molecule has 2 N–H and O–H groups in total. The highest BCUT2D eigenvalue weighted by atomic mass is 19.1. The lowest BCUT2D eigenvalue weighted by atomic mass is 10.2. The number of furan rings is 1. The highest BCUT2D eigenvalue weighted by Gasteiger charge is 2.12. The van der Waals surface area contributed by atoms with Crippen LogP contribution in [0.25, 0.3) is 5.69 Å². The van der Waals surface area contributed by atoms with Gasteiger partial charge in [0.05, 0.1) is 6.21 Å². The number of nitrogens with one attached hydrogen (secondary N) is 2. The molecule has 5 rings (SSSR count). The Morgan fingerprint density at radius 2 is 1.60 bits per heavy atom. The van der Waals surface area contributed by atoms with Gasteiger partial charge in [-0.25, -0.2) is 9.82 Å². The summed E-state index contributed by atoms with van der Waals surface area (Å²) in [6.45, 7) is 3.99. The molecule has 2 aromatic heterocycles. The molecule has 0 unspecified atom stereocenters. The number of rotatable bonds is 11. The zero-order chi connectivity index (χ0) is 30.2. The van der Waals surface area contributed by atoms with Crippen LogP contribution in [0.4, 0.5) is 10.1 Å². The Morgan fingerprint density at radius 1 is 0.884 bits per heavy atom. The van der Waals surface area contributed by atoms with Crippen LogP contribution in [-0.2, 0) is 11.4 Å². The van der Waals surface area contributed by atoms with E-state index in [-0.39, 0.29) is 19.0 Å². The maximum Gasteiger partial charge on any atom is 0.307 e. The number of anilines is 1. The summed E-state index contributed by atoms with van der Waals surface area (Å²) in [7, 11) is 0. The van der Waals surface area contributed by atoms with Crippen molar-refractivity contribution in [3.05, 3.63) is 131 Å². The number of para-hydroxylation sites is 1. The number of hydrogen-bond donors (Lipinski definition) is 2. The van der Waals surface area contributed by atoms with Gasteiger partial charge in [-0.2, -0.15) is 5.10 Å². The summed E-state index contributed by atoms with van der Waals surface area (Å²) in [5.41, 5.74) is 6.76. The van der Waals surface area contributed by atoms with Gasteiger partial charge >= 0.3 is 5.91 Å². The highest BCUT2D eigenvalue weighted by molar-refractivity contribution is 5.93.